The van der Waals surface area contributed by atoms with Crippen LogP contribution in [0.25, 0.3) is 10.9 Å². The van der Waals surface area contributed by atoms with E-state index in [1.54, 1.807) is 19.3 Å². The number of para-hydroxylation sites is 1. The molecule has 5 rings (SSSR count). The second-order valence-electron chi connectivity index (χ2n) is 10.9. The molecule has 0 aliphatic carbocycles. The van der Waals surface area contributed by atoms with E-state index in [4.69, 9.17) is 9.26 Å². The number of fused-ring (bicyclic) bond motifs is 1. The number of H-pyrrole nitrogens is 1. The third-order valence-corrected chi connectivity index (χ3v) is 8.41. The average molecular weight is 560 g/mol. The maximum atomic E-state index is 13.6. The summed E-state index contributed by atoms with van der Waals surface area (Å²) in [6, 6.07) is 9.79. The van der Waals surface area contributed by atoms with Crippen molar-refractivity contribution in [3.63, 3.8) is 0 Å². The minimum Gasteiger partial charge on any atom is -0.496 e. The van der Waals surface area contributed by atoms with Crippen LogP contribution in [0.5, 0.6) is 5.75 Å². The van der Waals surface area contributed by atoms with E-state index in [1.807, 2.05) is 43.0 Å². The summed E-state index contributed by atoms with van der Waals surface area (Å²) in [5, 5.41) is 7.77. The predicted octanol–water partition coefficient (Wildman–Crippen LogP) is 4.22. The number of ether oxygens (including phenoxy) is 1. The highest BCUT2D eigenvalue weighted by Gasteiger charge is 2.31. The number of amides is 2. The number of nitrogens with zero attached hydrogens (tertiary/aromatic N) is 3. The number of aromatic amines is 1. The number of rotatable bonds is 8. The quantitative estimate of drug-likeness (QED) is 0.333. The van der Waals surface area contributed by atoms with Gasteiger partial charge in [-0.1, -0.05) is 23.4 Å². The van der Waals surface area contributed by atoms with Gasteiger partial charge in [0, 0.05) is 47.0 Å². The van der Waals surface area contributed by atoms with E-state index in [0.717, 1.165) is 35.0 Å². The molecule has 3 aromatic heterocycles. The molecule has 1 atom stereocenters. The lowest BCUT2D eigenvalue weighted by Gasteiger charge is -2.36. The highest BCUT2D eigenvalue weighted by atomic mass is 16.5. The molecule has 0 unspecified atom stereocenters. The number of methoxy groups -OCH3 is 1. The number of piperidine rings is 1. The van der Waals surface area contributed by atoms with Crippen molar-refractivity contribution < 1.29 is 18.8 Å². The number of pyridine rings is 1. The van der Waals surface area contributed by atoms with Crippen molar-refractivity contribution in [3.8, 4) is 5.75 Å². The summed E-state index contributed by atoms with van der Waals surface area (Å²) in [7, 11) is 1.51. The van der Waals surface area contributed by atoms with E-state index in [-0.39, 0.29) is 36.4 Å². The fourth-order valence-corrected chi connectivity index (χ4v) is 6.07. The molecule has 216 valence electrons. The lowest BCUT2D eigenvalue weighted by molar-refractivity contribution is -0.132. The Balaban J connectivity index is 1.33. The number of carbonyl (C=O) groups excluding carboxylic acids is 2. The van der Waals surface area contributed by atoms with Gasteiger partial charge in [0.25, 0.3) is 11.5 Å². The van der Waals surface area contributed by atoms with E-state index >= 15 is 0 Å². The number of carbonyl (C=O) groups is 2. The van der Waals surface area contributed by atoms with Crippen molar-refractivity contribution >= 4 is 22.7 Å². The van der Waals surface area contributed by atoms with E-state index in [9.17, 15) is 14.4 Å². The van der Waals surface area contributed by atoms with E-state index in [1.165, 1.54) is 7.11 Å². The van der Waals surface area contributed by atoms with Crippen molar-refractivity contribution in [3.05, 3.63) is 80.7 Å². The summed E-state index contributed by atoms with van der Waals surface area (Å²) in [6.45, 7) is 9.26. The predicted molar refractivity (Wildman–Crippen MR) is 155 cm³/mol. The third kappa shape index (κ3) is 5.51. The van der Waals surface area contributed by atoms with Crippen LogP contribution in [-0.2, 0) is 17.8 Å². The van der Waals surface area contributed by atoms with E-state index in [2.05, 4.69) is 26.9 Å². The Bertz CT molecular complexity index is 1640. The second-order valence-corrected chi connectivity index (χ2v) is 10.9. The van der Waals surface area contributed by atoms with Gasteiger partial charge in [0.15, 0.2) is 0 Å². The number of likely N-dealkylation sites (tertiary alicyclic amines) is 1. The molecule has 2 N–H and O–H groups in total. The molecule has 1 fully saturated rings. The first kappa shape index (κ1) is 28.2. The number of benzene rings is 1. The Hall–Kier alpha value is -4.34. The summed E-state index contributed by atoms with van der Waals surface area (Å²) in [5.74, 6) is 0.614. The molecule has 4 aromatic rings. The minimum atomic E-state index is -0.282. The first-order valence-electron chi connectivity index (χ1n) is 14.0. The SMILES string of the molecule is COc1cc(C)[nH]c(=O)c1CNC(=O)c1c(C)n([C@H](C)C2CCN(C(=O)Cc3nocc3C)CC2)c2ccccc12. The number of nitrogens with one attached hydrogen (secondary N) is 2. The monoisotopic (exact) mass is 559 g/mol. The van der Waals surface area contributed by atoms with Crippen LogP contribution >= 0.6 is 0 Å². The molecule has 0 saturated carbocycles. The Morgan fingerprint density at radius 2 is 1.93 bits per heavy atom. The largest absolute Gasteiger partial charge is 0.496 e. The Morgan fingerprint density at radius 1 is 1.20 bits per heavy atom. The van der Waals surface area contributed by atoms with Crippen LogP contribution in [0.1, 0.15) is 64.4 Å². The van der Waals surface area contributed by atoms with Crippen molar-refractivity contribution in [1.29, 1.82) is 0 Å². The normalized spacial score (nSPS) is 14.8. The molecule has 1 aliphatic rings. The Labute approximate surface area is 238 Å². The van der Waals surface area contributed by atoms with Gasteiger partial charge in [-0.25, -0.2) is 0 Å². The van der Waals surface area contributed by atoms with Gasteiger partial charge < -0.3 is 29.0 Å². The maximum absolute atomic E-state index is 13.6. The fraction of sp³-hybridized carbons (Fsp3) is 0.419. The number of aryl methyl sites for hydroxylation is 2. The lowest BCUT2D eigenvalue weighted by atomic mass is 9.89. The van der Waals surface area contributed by atoms with Crippen LogP contribution < -0.4 is 15.6 Å². The highest BCUT2D eigenvalue weighted by molar-refractivity contribution is 6.08. The van der Waals surface area contributed by atoms with Crippen molar-refractivity contribution in [2.75, 3.05) is 20.2 Å². The van der Waals surface area contributed by atoms with Gasteiger partial charge in [0.05, 0.1) is 36.9 Å². The average Bonchev–Trinajstić information content (AvgIpc) is 3.50. The standard InChI is InChI=1S/C31H37N5O5/c1-18-17-41-34-25(18)15-28(37)35-12-10-22(11-13-35)20(3)36-21(4)29(23-8-6-7-9-26(23)36)31(39)32-16-24-27(40-5)14-19(2)33-30(24)38/h6-9,14,17,20,22H,10-13,15-16H2,1-5H3,(H,32,39)(H,33,38)/t20-/m1/s1. The summed E-state index contributed by atoms with van der Waals surface area (Å²) < 4.78 is 12.6. The van der Waals surface area contributed by atoms with Gasteiger partial charge in [0.2, 0.25) is 5.91 Å². The number of hydrogen-bond donors (Lipinski definition) is 2. The molecule has 1 aromatic carbocycles. The van der Waals surface area contributed by atoms with Crippen LogP contribution in [0.3, 0.4) is 0 Å². The first-order valence-corrected chi connectivity index (χ1v) is 14.0. The van der Waals surface area contributed by atoms with Crippen molar-refractivity contribution in [2.24, 2.45) is 5.92 Å². The molecule has 10 heteroatoms. The first-order chi connectivity index (χ1) is 19.7. The van der Waals surface area contributed by atoms with Crippen LogP contribution in [0.15, 0.2) is 45.9 Å². The minimum absolute atomic E-state index is 0.0481. The summed E-state index contributed by atoms with van der Waals surface area (Å²) in [5.41, 5.74) is 4.84. The molecular formula is C31H37N5O5. The molecular weight excluding hydrogens is 522 g/mol. The molecule has 41 heavy (non-hydrogen) atoms. The number of hydrogen-bond acceptors (Lipinski definition) is 6. The zero-order valence-electron chi connectivity index (χ0n) is 24.2. The molecule has 1 aliphatic heterocycles. The topological polar surface area (TPSA) is 122 Å². The van der Waals surface area contributed by atoms with Gasteiger partial charge in [-0.05, 0) is 58.6 Å². The molecule has 1 saturated heterocycles. The van der Waals surface area contributed by atoms with E-state index < -0.39 is 0 Å². The highest BCUT2D eigenvalue weighted by Crippen LogP contribution is 2.36. The fourth-order valence-electron chi connectivity index (χ4n) is 6.07. The van der Waals surface area contributed by atoms with Gasteiger partial charge >= 0.3 is 0 Å². The molecule has 0 radical (unpaired) electrons. The van der Waals surface area contributed by atoms with Gasteiger partial charge in [-0.3, -0.25) is 14.4 Å². The maximum Gasteiger partial charge on any atom is 0.256 e. The van der Waals surface area contributed by atoms with Crippen molar-refractivity contribution in [1.82, 2.24) is 24.9 Å². The van der Waals surface area contributed by atoms with Gasteiger partial charge in [-0.15, -0.1) is 0 Å². The van der Waals surface area contributed by atoms with E-state index in [0.29, 0.717) is 47.3 Å². The van der Waals surface area contributed by atoms with Gasteiger partial charge in [0.1, 0.15) is 12.0 Å². The third-order valence-electron chi connectivity index (χ3n) is 8.41. The summed E-state index contributed by atoms with van der Waals surface area (Å²) in [4.78, 5) is 43.7. The van der Waals surface area contributed by atoms with Crippen molar-refractivity contribution in [2.45, 2.75) is 59.5 Å². The smallest absolute Gasteiger partial charge is 0.256 e. The molecule has 0 spiro atoms. The number of aromatic nitrogens is 3. The zero-order chi connectivity index (χ0) is 29.3. The Morgan fingerprint density at radius 3 is 2.61 bits per heavy atom. The van der Waals surface area contributed by atoms with Crippen LogP contribution in [0.2, 0.25) is 0 Å². The molecule has 10 nitrogen and oxygen atoms in total. The molecule has 4 heterocycles. The van der Waals surface area contributed by atoms with Gasteiger partial charge in [-0.2, -0.15) is 0 Å². The molecule has 0 bridgehead atoms. The summed E-state index contributed by atoms with van der Waals surface area (Å²) in [6.07, 6.45) is 3.55. The Kier molecular flexibility index (Phi) is 8.01. The lowest BCUT2D eigenvalue weighted by Crippen LogP contribution is -2.41. The van der Waals surface area contributed by atoms with Crippen LogP contribution in [-0.4, -0.2) is 51.6 Å². The van der Waals surface area contributed by atoms with Crippen LogP contribution in [0, 0.1) is 26.7 Å². The molecule has 2 amide bonds. The second kappa shape index (κ2) is 11.6. The van der Waals surface area contributed by atoms with Crippen LogP contribution in [0.4, 0.5) is 0 Å². The zero-order valence-corrected chi connectivity index (χ0v) is 24.2. The summed E-state index contributed by atoms with van der Waals surface area (Å²) >= 11 is 0.